The molecule has 0 aromatic heterocycles. The minimum absolute atomic E-state index is 0.0323. The Morgan fingerprint density at radius 3 is 1.29 bits per heavy atom. The van der Waals surface area contributed by atoms with Crippen LogP contribution in [-0.2, 0) is 15.6 Å². The minimum Gasteiger partial charge on any atom is -0.508 e. The van der Waals surface area contributed by atoms with Gasteiger partial charge in [0.25, 0.3) is 0 Å². The lowest BCUT2D eigenvalue weighted by molar-refractivity contribution is -0.137. The highest BCUT2D eigenvalue weighted by Crippen LogP contribution is 2.54. The van der Waals surface area contributed by atoms with E-state index in [0.29, 0.717) is 29.1 Å². The molecule has 4 aromatic carbocycles. The van der Waals surface area contributed by atoms with Crippen LogP contribution in [0.2, 0.25) is 0 Å². The fourth-order valence-corrected chi connectivity index (χ4v) is 11.9. The van der Waals surface area contributed by atoms with Gasteiger partial charge in [0.15, 0.2) is 0 Å². The molecule has 2 aliphatic heterocycles. The van der Waals surface area contributed by atoms with Crippen molar-refractivity contribution in [2.45, 2.75) is 156 Å². The number of unbranched alkanes of at least 4 members (excludes halogenated alkanes) is 11. The number of phenolic OH excluding ortho intramolecular Hbond substituents is 4. The van der Waals surface area contributed by atoms with Gasteiger partial charge in [-0.25, -0.2) is 0 Å². The molecule has 5 N–H and O–H groups in total. The van der Waals surface area contributed by atoms with Crippen molar-refractivity contribution >= 4 is 29.5 Å². The molecule has 0 aliphatic carbocycles. The van der Waals surface area contributed by atoms with Crippen LogP contribution in [0.4, 0.5) is 0 Å². The SMILES string of the molecule is CCCCCCCCC[C@@H]1c2ccc(O)cc2SC[C@]1(C)c1ccc(O)cc1.C[C@]1(c2ccc(O)cc2)CSc2cc(O)ccc2[C@H]1CCCCCCCCC(=O)O. The first-order chi connectivity index (χ1) is 27.9. The Morgan fingerprint density at radius 2 is 0.897 bits per heavy atom. The number of aliphatic carboxylic acids is 1. The fourth-order valence-electron chi connectivity index (χ4n) is 9.05. The highest BCUT2D eigenvalue weighted by atomic mass is 32.2. The zero-order chi connectivity index (χ0) is 41.5. The molecular weight excluding hydrogens is 761 g/mol. The number of carbonyl (C=O) groups is 1. The fraction of sp³-hybridized carbons (Fsp3) is 0.500. The highest BCUT2D eigenvalue weighted by molar-refractivity contribution is 7.99. The predicted molar refractivity (Wildman–Crippen MR) is 241 cm³/mol. The van der Waals surface area contributed by atoms with Crippen LogP contribution in [0.5, 0.6) is 23.0 Å². The summed E-state index contributed by atoms with van der Waals surface area (Å²) in [4.78, 5) is 13.0. The number of fused-ring (bicyclic) bond motifs is 2. The van der Waals surface area contributed by atoms with Gasteiger partial charge in [0, 0.05) is 38.5 Å². The van der Waals surface area contributed by atoms with Crippen molar-refractivity contribution < 1.29 is 30.3 Å². The van der Waals surface area contributed by atoms with E-state index in [9.17, 15) is 25.2 Å². The quantitative estimate of drug-likeness (QED) is 0.0593. The van der Waals surface area contributed by atoms with Gasteiger partial charge in [-0.1, -0.05) is 134 Å². The predicted octanol–water partition coefficient (Wildman–Crippen LogP) is 13.8. The number of carboxylic acid groups (broad SMARTS) is 1. The number of rotatable bonds is 19. The van der Waals surface area contributed by atoms with E-state index in [1.165, 1.54) is 83.4 Å². The van der Waals surface area contributed by atoms with Gasteiger partial charge in [-0.3, -0.25) is 4.79 Å². The maximum absolute atomic E-state index is 10.6. The van der Waals surface area contributed by atoms with E-state index in [2.05, 4.69) is 45.0 Å². The molecule has 0 radical (unpaired) electrons. The Labute approximate surface area is 355 Å². The van der Waals surface area contributed by atoms with Gasteiger partial charge in [-0.15, -0.1) is 23.5 Å². The van der Waals surface area contributed by atoms with E-state index < -0.39 is 5.97 Å². The van der Waals surface area contributed by atoms with E-state index in [1.54, 1.807) is 30.0 Å². The van der Waals surface area contributed by atoms with Gasteiger partial charge < -0.3 is 25.5 Å². The number of aromatic hydroxyl groups is 4. The zero-order valence-electron chi connectivity index (χ0n) is 34.9. The first kappa shape index (κ1) is 45.3. The second kappa shape index (κ2) is 22.0. The van der Waals surface area contributed by atoms with Crippen LogP contribution in [0.15, 0.2) is 94.7 Å². The van der Waals surface area contributed by atoms with Crippen LogP contribution in [0, 0.1) is 0 Å². The van der Waals surface area contributed by atoms with E-state index in [4.69, 9.17) is 5.11 Å². The minimum atomic E-state index is -0.705. The summed E-state index contributed by atoms with van der Waals surface area (Å²) in [5, 5.41) is 48.0. The maximum atomic E-state index is 10.6. The highest BCUT2D eigenvalue weighted by Gasteiger charge is 2.42. The number of hydrogen-bond acceptors (Lipinski definition) is 7. The van der Waals surface area contributed by atoms with Crippen LogP contribution >= 0.6 is 23.5 Å². The van der Waals surface area contributed by atoms with Gasteiger partial charge in [-0.2, -0.15) is 0 Å². The Bertz CT molecular complexity index is 1880. The monoisotopic (exact) mass is 826 g/mol. The van der Waals surface area contributed by atoms with E-state index in [-0.39, 0.29) is 23.0 Å². The number of carboxylic acids is 1. The van der Waals surface area contributed by atoms with Crippen molar-refractivity contribution in [3.8, 4) is 23.0 Å². The molecule has 0 amide bonds. The first-order valence-electron chi connectivity index (χ1n) is 21.7. The third-order valence-corrected chi connectivity index (χ3v) is 15.4. The van der Waals surface area contributed by atoms with Crippen molar-refractivity contribution in [1.82, 2.24) is 0 Å². The lowest BCUT2D eigenvalue weighted by Gasteiger charge is -2.43. The van der Waals surface area contributed by atoms with E-state index in [1.807, 2.05) is 54.2 Å². The van der Waals surface area contributed by atoms with E-state index in [0.717, 1.165) is 56.5 Å². The van der Waals surface area contributed by atoms with Gasteiger partial charge in [0.05, 0.1) is 0 Å². The molecule has 8 heteroatoms. The number of phenols is 4. The molecule has 0 fully saturated rings. The average Bonchev–Trinajstić information content (AvgIpc) is 3.20. The molecule has 0 saturated heterocycles. The van der Waals surface area contributed by atoms with Crippen molar-refractivity contribution in [1.29, 1.82) is 0 Å². The second-order valence-corrected chi connectivity index (χ2v) is 19.1. The Morgan fingerprint density at radius 1 is 0.534 bits per heavy atom. The third-order valence-electron chi connectivity index (χ3n) is 12.6. The summed E-state index contributed by atoms with van der Waals surface area (Å²) in [5.41, 5.74) is 5.21. The molecule has 4 aromatic rings. The van der Waals surface area contributed by atoms with Crippen LogP contribution in [0.1, 0.15) is 158 Å². The lowest BCUT2D eigenvalue weighted by Crippen LogP contribution is -2.36. The van der Waals surface area contributed by atoms with Crippen LogP contribution < -0.4 is 0 Å². The van der Waals surface area contributed by atoms with Crippen molar-refractivity contribution in [2.24, 2.45) is 0 Å². The normalized spacial score (nSPS) is 21.0. The molecule has 0 bridgehead atoms. The smallest absolute Gasteiger partial charge is 0.303 e. The zero-order valence-corrected chi connectivity index (χ0v) is 36.6. The lowest BCUT2D eigenvalue weighted by atomic mass is 9.68. The van der Waals surface area contributed by atoms with Crippen molar-refractivity contribution in [2.75, 3.05) is 11.5 Å². The molecule has 0 saturated carbocycles. The van der Waals surface area contributed by atoms with Crippen LogP contribution in [0.3, 0.4) is 0 Å². The first-order valence-corrected chi connectivity index (χ1v) is 23.6. The van der Waals surface area contributed by atoms with Crippen LogP contribution in [0.25, 0.3) is 0 Å². The van der Waals surface area contributed by atoms with Crippen molar-refractivity contribution in [3.05, 3.63) is 107 Å². The maximum Gasteiger partial charge on any atom is 0.303 e. The molecule has 0 spiro atoms. The molecule has 2 aliphatic rings. The summed E-state index contributed by atoms with van der Waals surface area (Å²) in [5.74, 6) is 3.30. The van der Waals surface area contributed by atoms with Gasteiger partial charge >= 0.3 is 5.97 Å². The molecule has 6 nitrogen and oxygen atoms in total. The summed E-state index contributed by atoms with van der Waals surface area (Å²) in [6.07, 6.45) is 18.0. The number of thioether (sulfide) groups is 2. The Balaban J connectivity index is 0.000000221. The largest absolute Gasteiger partial charge is 0.508 e. The second-order valence-electron chi connectivity index (χ2n) is 17.0. The average molecular weight is 827 g/mol. The van der Waals surface area contributed by atoms with E-state index >= 15 is 0 Å². The summed E-state index contributed by atoms with van der Waals surface area (Å²) in [6.45, 7) is 6.95. The summed E-state index contributed by atoms with van der Waals surface area (Å²) in [7, 11) is 0. The van der Waals surface area contributed by atoms with Gasteiger partial charge in [-0.05, 0) is 102 Å². The van der Waals surface area contributed by atoms with Gasteiger partial charge in [0.1, 0.15) is 23.0 Å². The molecule has 2 heterocycles. The molecule has 6 rings (SSSR count). The molecule has 58 heavy (non-hydrogen) atoms. The Hall–Kier alpha value is -3.75. The third kappa shape index (κ3) is 12.2. The summed E-state index contributed by atoms with van der Waals surface area (Å²) in [6, 6.07) is 27.0. The molecule has 314 valence electrons. The van der Waals surface area contributed by atoms with Crippen molar-refractivity contribution in [3.63, 3.8) is 0 Å². The molecule has 4 atom stereocenters. The topological polar surface area (TPSA) is 118 Å². The molecule has 0 unspecified atom stereocenters. The summed E-state index contributed by atoms with van der Waals surface area (Å²) < 4.78 is 0. The summed E-state index contributed by atoms with van der Waals surface area (Å²) >= 11 is 3.64. The number of benzene rings is 4. The standard InChI is InChI=1S/C25H32O4S.C25H34O2S/c1-25(18-10-12-19(26)13-11-18)17-30-23-16-20(27)14-15-21(23)22(25)8-6-4-2-3-5-7-9-24(28)29;1-3-4-5-6-7-8-9-10-23-22-16-15-21(27)17-24(22)28-18-25(23,2)19-11-13-20(26)14-12-19/h10-16,22,26-27H,2-9,17H2,1H3,(H,28,29);11-17,23,26-27H,3-10,18H2,1-2H3/t22-,25-;23-,25-/m11/s1. The number of hydrogen-bond donors (Lipinski definition) is 5. The molecular formula is C50H66O6S2. The van der Waals surface area contributed by atoms with Gasteiger partial charge in [0.2, 0.25) is 0 Å². The Kier molecular flexibility index (Phi) is 17.2. The van der Waals surface area contributed by atoms with Crippen LogP contribution in [-0.4, -0.2) is 43.0 Å².